The average molecular weight is 321 g/mol. The zero-order chi connectivity index (χ0) is 16.2. The van der Waals surface area contributed by atoms with E-state index in [4.69, 9.17) is 0 Å². The summed E-state index contributed by atoms with van der Waals surface area (Å²) in [5, 5.41) is 5.74. The molecular weight excluding hydrogens is 295 g/mol. The summed E-state index contributed by atoms with van der Waals surface area (Å²) in [6.07, 6.45) is 0.830. The Hall–Kier alpha value is -0.980. The molecule has 2 N–H and O–H groups in total. The van der Waals surface area contributed by atoms with E-state index in [1.165, 1.54) is 11.3 Å². The van der Waals surface area contributed by atoms with E-state index in [1.54, 1.807) is 0 Å². The third-order valence-corrected chi connectivity index (χ3v) is 4.90. The molecule has 1 heterocycles. The standard InChI is InChI=1S/C15H26F3N3O/c1-14(5-2-6-14)10-20-13(22)19-9-12-3-7-21(8-4-12)11-15(16,17)18/h12H,2-11H2,1H3,(H2,19,20,22). The molecule has 0 spiro atoms. The number of hydrogen-bond donors (Lipinski definition) is 2. The Morgan fingerprint density at radius 2 is 1.86 bits per heavy atom. The van der Waals surface area contributed by atoms with Crippen LogP contribution in [-0.4, -0.2) is 49.8 Å². The molecule has 1 aliphatic heterocycles. The molecule has 2 fully saturated rings. The maximum absolute atomic E-state index is 12.3. The van der Waals surface area contributed by atoms with Crippen LogP contribution in [0.4, 0.5) is 18.0 Å². The van der Waals surface area contributed by atoms with Crippen LogP contribution < -0.4 is 10.6 Å². The first kappa shape index (κ1) is 17.4. The maximum Gasteiger partial charge on any atom is 0.401 e. The van der Waals surface area contributed by atoms with Crippen molar-refractivity contribution < 1.29 is 18.0 Å². The van der Waals surface area contributed by atoms with Crippen molar-refractivity contribution in [3.63, 3.8) is 0 Å². The number of rotatable bonds is 5. The van der Waals surface area contributed by atoms with Crippen molar-refractivity contribution in [3.05, 3.63) is 0 Å². The minimum atomic E-state index is -4.12. The number of likely N-dealkylation sites (tertiary alicyclic amines) is 1. The second kappa shape index (κ2) is 7.06. The molecule has 7 heteroatoms. The topological polar surface area (TPSA) is 44.4 Å². The highest BCUT2D eigenvalue weighted by Gasteiger charge is 2.33. The lowest BCUT2D eigenvalue weighted by atomic mass is 9.70. The third-order valence-electron chi connectivity index (χ3n) is 4.90. The number of nitrogens with one attached hydrogen (secondary N) is 2. The van der Waals surface area contributed by atoms with Crippen LogP contribution in [0.5, 0.6) is 0 Å². The summed E-state index contributed by atoms with van der Waals surface area (Å²) in [5.41, 5.74) is 0.250. The van der Waals surface area contributed by atoms with Gasteiger partial charge in [-0.3, -0.25) is 4.90 Å². The molecule has 0 unspecified atom stereocenters. The van der Waals surface area contributed by atoms with Crippen LogP contribution in [0.25, 0.3) is 0 Å². The summed E-state index contributed by atoms with van der Waals surface area (Å²) in [4.78, 5) is 13.2. The monoisotopic (exact) mass is 321 g/mol. The van der Waals surface area contributed by atoms with E-state index < -0.39 is 12.7 Å². The number of alkyl halides is 3. The van der Waals surface area contributed by atoms with E-state index >= 15 is 0 Å². The van der Waals surface area contributed by atoms with Gasteiger partial charge in [0.1, 0.15) is 0 Å². The van der Waals surface area contributed by atoms with Gasteiger partial charge < -0.3 is 10.6 Å². The zero-order valence-corrected chi connectivity index (χ0v) is 13.1. The molecule has 0 atom stereocenters. The predicted octanol–water partition coefficient (Wildman–Crippen LogP) is 2.75. The second-order valence-corrected chi connectivity index (χ2v) is 7.06. The Balaban J connectivity index is 1.57. The fourth-order valence-corrected chi connectivity index (χ4v) is 3.15. The van der Waals surface area contributed by atoms with Gasteiger partial charge in [0.05, 0.1) is 6.54 Å². The van der Waals surface area contributed by atoms with Crippen LogP contribution in [0.3, 0.4) is 0 Å². The van der Waals surface area contributed by atoms with Crippen LogP contribution in [0.2, 0.25) is 0 Å². The molecule has 0 aromatic carbocycles. The van der Waals surface area contributed by atoms with E-state index in [0.29, 0.717) is 39.0 Å². The van der Waals surface area contributed by atoms with Crippen LogP contribution in [0.15, 0.2) is 0 Å². The summed E-state index contributed by atoms with van der Waals surface area (Å²) >= 11 is 0. The van der Waals surface area contributed by atoms with Gasteiger partial charge in [-0.05, 0) is 50.1 Å². The Morgan fingerprint density at radius 1 is 1.23 bits per heavy atom. The zero-order valence-electron chi connectivity index (χ0n) is 13.1. The van der Waals surface area contributed by atoms with Crippen molar-refractivity contribution >= 4 is 6.03 Å². The van der Waals surface area contributed by atoms with E-state index in [0.717, 1.165) is 12.8 Å². The minimum Gasteiger partial charge on any atom is -0.338 e. The van der Waals surface area contributed by atoms with Gasteiger partial charge in [0.2, 0.25) is 0 Å². The SMILES string of the molecule is CC1(CNC(=O)NCC2CCN(CC(F)(F)F)CC2)CCC1. The van der Waals surface area contributed by atoms with Gasteiger partial charge in [0.15, 0.2) is 0 Å². The first-order valence-corrected chi connectivity index (χ1v) is 8.07. The summed E-state index contributed by atoms with van der Waals surface area (Å²) < 4.78 is 36.9. The molecule has 1 saturated heterocycles. The molecule has 1 saturated carbocycles. The van der Waals surface area contributed by atoms with Crippen molar-refractivity contribution in [1.29, 1.82) is 0 Å². The molecule has 2 aliphatic rings. The van der Waals surface area contributed by atoms with E-state index in [2.05, 4.69) is 17.6 Å². The lowest BCUT2D eigenvalue weighted by Crippen LogP contribution is -2.46. The highest BCUT2D eigenvalue weighted by Crippen LogP contribution is 2.39. The van der Waals surface area contributed by atoms with Crippen LogP contribution >= 0.6 is 0 Å². The summed E-state index contributed by atoms with van der Waals surface area (Å²) in [6, 6.07) is -0.161. The van der Waals surface area contributed by atoms with E-state index in [9.17, 15) is 18.0 Å². The maximum atomic E-state index is 12.3. The number of carbonyl (C=O) groups is 1. The fraction of sp³-hybridized carbons (Fsp3) is 0.933. The van der Waals surface area contributed by atoms with Gasteiger partial charge in [-0.2, -0.15) is 13.2 Å². The highest BCUT2D eigenvalue weighted by molar-refractivity contribution is 5.73. The summed E-state index contributed by atoms with van der Waals surface area (Å²) in [5.74, 6) is 0.273. The predicted molar refractivity (Wildman–Crippen MR) is 78.6 cm³/mol. The molecule has 0 aromatic rings. The van der Waals surface area contributed by atoms with Crippen molar-refractivity contribution in [1.82, 2.24) is 15.5 Å². The molecule has 128 valence electrons. The van der Waals surface area contributed by atoms with Gasteiger partial charge in [-0.1, -0.05) is 13.3 Å². The molecule has 4 nitrogen and oxygen atoms in total. The normalized spacial score (nSPS) is 22.9. The van der Waals surface area contributed by atoms with Crippen molar-refractivity contribution in [2.24, 2.45) is 11.3 Å². The number of hydrogen-bond acceptors (Lipinski definition) is 2. The van der Waals surface area contributed by atoms with Gasteiger partial charge in [0, 0.05) is 13.1 Å². The average Bonchev–Trinajstić information content (AvgIpc) is 2.40. The Kier molecular flexibility index (Phi) is 5.58. The molecule has 0 radical (unpaired) electrons. The largest absolute Gasteiger partial charge is 0.401 e. The number of nitrogens with zero attached hydrogens (tertiary/aromatic N) is 1. The second-order valence-electron chi connectivity index (χ2n) is 7.06. The number of urea groups is 1. The van der Waals surface area contributed by atoms with Gasteiger partial charge >= 0.3 is 12.2 Å². The summed E-state index contributed by atoms with van der Waals surface area (Å²) in [6.45, 7) is 3.49. The van der Waals surface area contributed by atoms with Crippen LogP contribution in [-0.2, 0) is 0 Å². The Bertz CT molecular complexity index is 375. The smallest absolute Gasteiger partial charge is 0.338 e. The molecule has 0 bridgehead atoms. The van der Waals surface area contributed by atoms with Crippen molar-refractivity contribution in [3.8, 4) is 0 Å². The van der Waals surface area contributed by atoms with Gasteiger partial charge in [-0.25, -0.2) is 4.79 Å². The number of halogens is 3. The first-order chi connectivity index (χ1) is 10.3. The van der Waals surface area contributed by atoms with Gasteiger partial charge in [-0.15, -0.1) is 0 Å². The number of amides is 2. The molecule has 22 heavy (non-hydrogen) atoms. The van der Waals surface area contributed by atoms with Crippen molar-refractivity contribution in [2.75, 3.05) is 32.7 Å². The number of carbonyl (C=O) groups excluding carboxylic acids is 1. The molecule has 1 aliphatic carbocycles. The molecular formula is C15H26F3N3O. The summed E-state index contributed by atoms with van der Waals surface area (Å²) in [7, 11) is 0. The number of piperidine rings is 1. The molecule has 2 amide bonds. The Morgan fingerprint density at radius 3 is 2.36 bits per heavy atom. The Labute approximate surface area is 129 Å². The molecule has 0 aromatic heterocycles. The molecule has 2 rings (SSSR count). The quantitative estimate of drug-likeness (QED) is 0.818. The van der Waals surface area contributed by atoms with Crippen LogP contribution in [0, 0.1) is 11.3 Å². The van der Waals surface area contributed by atoms with Gasteiger partial charge in [0.25, 0.3) is 0 Å². The highest BCUT2D eigenvalue weighted by atomic mass is 19.4. The van der Waals surface area contributed by atoms with Crippen molar-refractivity contribution in [2.45, 2.75) is 45.2 Å². The fourth-order valence-electron chi connectivity index (χ4n) is 3.15. The van der Waals surface area contributed by atoms with E-state index in [-0.39, 0.29) is 17.4 Å². The first-order valence-electron chi connectivity index (χ1n) is 8.07. The lowest BCUT2D eigenvalue weighted by molar-refractivity contribution is -0.148. The van der Waals surface area contributed by atoms with E-state index in [1.807, 2.05) is 0 Å². The lowest BCUT2D eigenvalue weighted by Gasteiger charge is -2.38. The van der Waals surface area contributed by atoms with Crippen LogP contribution in [0.1, 0.15) is 39.0 Å². The third kappa shape index (κ3) is 5.66. The minimum absolute atomic E-state index is 0.161.